The number of nitrogens with two attached hydrogens (primary N) is 1. The van der Waals surface area contributed by atoms with Crippen LogP contribution in [0.15, 0.2) is 35.1 Å². The number of carbonyl (C=O) groups excluding carboxylic acids is 1. The quantitative estimate of drug-likeness (QED) is 0.593. The summed E-state index contributed by atoms with van der Waals surface area (Å²) in [5.41, 5.74) is 8.40. The summed E-state index contributed by atoms with van der Waals surface area (Å²) in [6.45, 7) is 5.39. The highest BCUT2D eigenvalue weighted by Crippen LogP contribution is 2.36. The van der Waals surface area contributed by atoms with Crippen LogP contribution in [0.5, 0.6) is 5.75 Å². The van der Waals surface area contributed by atoms with E-state index >= 15 is 0 Å². The number of carbonyl (C=O) groups is 1. The molecule has 0 saturated carbocycles. The molecule has 3 N–H and O–H groups in total. The zero-order valence-electron chi connectivity index (χ0n) is 18.3. The maximum atomic E-state index is 13.6. The Hall–Kier alpha value is -2.83. The minimum absolute atomic E-state index is 0.281. The number of fused-ring (bicyclic) bond motifs is 1. The first-order chi connectivity index (χ1) is 15.3. The minimum atomic E-state index is -0.870. The molecule has 1 atom stereocenters. The van der Waals surface area contributed by atoms with Gasteiger partial charge in [0.15, 0.2) is 0 Å². The SMILES string of the molecule is Cc1cc(C)cc(-c2c(OCC[C@@H]3CCCCN3)c3c[c]c(Cl)cc3n(C(N)=O)c2=O)c1. The van der Waals surface area contributed by atoms with Gasteiger partial charge in [-0.1, -0.05) is 47.3 Å². The molecule has 7 heteroatoms. The van der Waals surface area contributed by atoms with Gasteiger partial charge >= 0.3 is 6.03 Å². The molecule has 3 aromatic rings. The van der Waals surface area contributed by atoms with Crippen molar-refractivity contribution in [3.05, 3.63) is 62.9 Å². The Morgan fingerprint density at radius 2 is 2.00 bits per heavy atom. The number of piperidine rings is 1. The highest BCUT2D eigenvalue weighted by atomic mass is 35.5. The van der Waals surface area contributed by atoms with E-state index in [9.17, 15) is 9.59 Å². The number of nitrogens with one attached hydrogen (secondary N) is 1. The van der Waals surface area contributed by atoms with Crippen molar-refractivity contribution in [2.75, 3.05) is 13.2 Å². The van der Waals surface area contributed by atoms with Gasteiger partial charge in [0.1, 0.15) is 5.75 Å². The second-order valence-electron chi connectivity index (χ2n) is 8.42. The van der Waals surface area contributed by atoms with Crippen molar-refractivity contribution in [3.63, 3.8) is 0 Å². The van der Waals surface area contributed by atoms with E-state index in [1.807, 2.05) is 32.0 Å². The molecule has 1 aromatic heterocycles. The third-order valence-electron chi connectivity index (χ3n) is 5.88. The van der Waals surface area contributed by atoms with Crippen LogP contribution < -0.4 is 21.3 Å². The van der Waals surface area contributed by atoms with Crippen molar-refractivity contribution < 1.29 is 9.53 Å². The molecule has 2 heterocycles. The maximum Gasteiger partial charge on any atom is 0.326 e. The second-order valence-corrected chi connectivity index (χ2v) is 8.83. The van der Waals surface area contributed by atoms with Crippen LogP contribution in [-0.2, 0) is 0 Å². The van der Waals surface area contributed by atoms with E-state index in [0.29, 0.717) is 40.4 Å². The lowest BCUT2D eigenvalue weighted by atomic mass is 9.99. The number of primary amides is 1. The van der Waals surface area contributed by atoms with Gasteiger partial charge in [0.2, 0.25) is 0 Å². The Kier molecular flexibility index (Phi) is 6.53. The molecule has 2 aromatic carbocycles. The molecule has 4 rings (SSSR count). The van der Waals surface area contributed by atoms with Crippen molar-refractivity contribution in [3.8, 4) is 16.9 Å². The fourth-order valence-corrected chi connectivity index (χ4v) is 4.65. The average molecular weight is 453 g/mol. The van der Waals surface area contributed by atoms with Gasteiger partial charge in [0.05, 0.1) is 22.7 Å². The van der Waals surface area contributed by atoms with Gasteiger partial charge in [0, 0.05) is 17.5 Å². The number of ether oxygens (including phenoxy) is 1. The lowest BCUT2D eigenvalue weighted by Gasteiger charge is -2.24. The molecule has 1 amide bonds. The van der Waals surface area contributed by atoms with Crippen LogP contribution in [0.1, 0.15) is 36.8 Å². The first-order valence-electron chi connectivity index (χ1n) is 10.9. The van der Waals surface area contributed by atoms with E-state index in [2.05, 4.69) is 11.4 Å². The standard InChI is InChI=1S/C25H27ClN3O3/c1-15-11-16(2)13-17(12-15)22-23(32-10-8-19-5-3-4-9-28-19)20-7-6-18(26)14-21(20)29(24(22)30)25(27)31/h7,11-14,19,28H,3-5,8-10H2,1-2H3,(H2,27,31)/t19-/m0/s1. The van der Waals surface area contributed by atoms with E-state index in [4.69, 9.17) is 22.1 Å². The van der Waals surface area contributed by atoms with Gasteiger partial charge in [-0.25, -0.2) is 9.36 Å². The number of amides is 1. The van der Waals surface area contributed by atoms with Gasteiger partial charge < -0.3 is 15.8 Å². The van der Waals surface area contributed by atoms with Crippen LogP contribution >= 0.6 is 11.6 Å². The van der Waals surface area contributed by atoms with E-state index in [0.717, 1.165) is 35.1 Å². The zero-order chi connectivity index (χ0) is 22.8. The Morgan fingerprint density at radius 1 is 1.25 bits per heavy atom. The summed E-state index contributed by atoms with van der Waals surface area (Å²) < 4.78 is 7.23. The monoisotopic (exact) mass is 452 g/mol. The number of benzene rings is 2. The predicted molar refractivity (Wildman–Crippen MR) is 128 cm³/mol. The van der Waals surface area contributed by atoms with E-state index in [1.165, 1.54) is 18.9 Å². The molecular formula is C25H27ClN3O3. The first-order valence-corrected chi connectivity index (χ1v) is 11.3. The summed E-state index contributed by atoms with van der Waals surface area (Å²) in [4.78, 5) is 25.8. The lowest BCUT2D eigenvalue weighted by molar-refractivity contribution is 0.250. The Balaban J connectivity index is 1.89. The number of hydrogen-bond donors (Lipinski definition) is 2. The molecule has 1 aliphatic heterocycles. The number of halogens is 1. The van der Waals surface area contributed by atoms with Crippen LogP contribution in [0.3, 0.4) is 0 Å². The van der Waals surface area contributed by atoms with Gasteiger partial charge in [-0.15, -0.1) is 0 Å². The van der Waals surface area contributed by atoms with Crippen molar-refractivity contribution >= 4 is 28.5 Å². The smallest absolute Gasteiger partial charge is 0.326 e. The molecule has 167 valence electrons. The van der Waals surface area contributed by atoms with Gasteiger partial charge in [-0.2, -0.15) is 0 Å². The molecular weight excluding hydrogens is 426 g/mol. The number of rotatable bonds is 5. The fourth-order valence-electron chi connectivity index (χ4n) is 4.49. The van der Waals surface area contributed by atoms with Gasteiger partial charge in [-0.05, 0) is 57.4 Å². The van der Waals surface area contributed by atoms with Crippen molar-refractivity contribution in [2.24, 2.45) is 5.73 Å². The number of pyridine rings is 1. The number of aryl methyl sites for hydroxylation is 2. The van der Waals surface area contributed by atoms with Crippen molar-refractivity contribution in [1.82, 2.24) is 9.88 Å². The number of hydrogen-bond acceptors (Lipinski definition) is 4. The largest absolute Gasteiger partial charge is 0.492 e. The third kappa shape index (κ3) is 4.52. The van der Waals surface area contributed by atoms with Crippen molar-refractivity contribution in [2.45, 2.75) is 45.6 Å². The molecule has 1 fully saturated rings. The summed E-state index contributed by atoms with van der Waals surface area (Å²) in [5.74, 6) is 0.427. The summed E-state index contributed by atoms with van der Waals surface area (Å²) in [5, 5.41) is 4.37. The molecule has 6 nitrogen and oxygen atoms in total. The van der Waals surface area contributed by atoms with E-state index in [1.54, 1.807) is 6.07 Å². The van der Waals surface area contributed by atoms with Crippen LogP contribution in [0.25, 0.3) is 22.0 Å². The molecule has 32 heavy (non-hydrogen) atoms. The van der Waals surface area contributed by atoms with Crippen LogP contribution in [0.2, 0.25) is 5.02 Å². The lowest BCUT2D eigenvalue weighted by Crippen LogP contribution is -2.35. The predicted octanol–water partition coefficient (Wildman–Crippen LogP) is 4.58. The van der Waals surface area contributed by atoms with Crippen LogP contribution in [-0.4, -0.2) is 29.8 Å². The zero-order valence-corrected chi connectivity index (χ0v) is 19.1. The summed E-state index contributed by atoms with van der Waals surface area (Å²) >= 11 is 6.13. The van der Waals surface area contributed by atoms with Gasteiger partial charge in [-0.3, -0.25) is 4.79 Å². The molecule has 1 aliphatic rings. The normalized spacial score (nSPS) is 16.3. The molecule has 1 saturated heterocycles. The Labute approximate surface area is 192 Å². The van der Waals surface area contributed by atoms with Gasteiger partial charge in [0.25, 0.3) is 5.56 Å². The summed E-state index contributed by atoms with van der Waals surface area (Å²) in [6, 6.07) is 11.5. The highest BCUT2D eigenvalue weighted by Gasteiger charge is 2.23. The molecule has 0 spiro atoms. The Bertz CT molecular complexity index is 1210. The fraction of sp³-hybridized carbons (Fsp3) is 0.360. The molecule has 1 radical (unpaired) electrons. The number of nitrogens with zero attached hydrogens (tertiary/aromatic N) is 1. The van der Waals surface area contributed by atoms with E-state index < -0.39 is 11.6 Å². The maximum absolute atomic E-state index is 13.6. The van der Waals surface area contributed by atoms with Crippen LogP contribution in [0.4, 0.5) is 4.79 Å². The summed E-state index contributed by atoms with van der Waals surface area (Å²) in [6.07, 6.45) is 4.34. The Morgan fingerprint density at radius 3 is 2.66 bits per heavy atom. The average Bonchev–Trinajstić information content (AvgIpc) is 2.73. The van der Waals surface area contributed by atoms with Crippen LogP contribution in [0, 0.1) is 19.9 Å². The minimum Gasteiger partial charge on any atom is -0.492 e. The number of aromatic nitrogens is 1. The highest BCUT2D eigenvalue weighted by molar-refractivity contribution is 6.31. The van der Waals surface area contributed by atoms with E-state index in [-0.39, 0.29) is 5.02 Å². The first kappa shape index (κ1) is 22.4. The molecule has 0 bridgehead atoms. The van der Waals surface area contributed by atoms with Crippen molar-refractivity contribution in [1.29, 1.82) is 0 Å². The third-order valence-corrected chi connectivity index (χ3v) is 6.10. The summed E-state index contributed by atoms with van der Waals surface area (Å²) in [7, 11) is 0. The topological polar surface area (TPSA) is 86.3 Å². The molecule has 0 aliphatic carbocycles. The molecule has 0 unspecified atom stereocenters. The second kappa shape index (κ2) is 9.35.